The van der Waals surface area contributed by atoms with Gasteiger partial charge < -0.3 is 5.32 Å². The van der Waals surface area contributed by atoms with Crippen LogP contribution in [-0.4, -0.2) is 13.1 Å². The summed E-state index contributed by atoms with van der Waals surface area (Å²) in [6, 6.07) is 0. The second-order valence-corrected chi connectivity index (χ2v) is 6.16. The monoisotopic (exact) mass is 253 g/mol. The van der Waals surface area contributed by atoms with Crippen LogP contribution in [0.5, 0.6) is 0 Å². The molecule has 0 atom stereocenters. The van der Waals surface area contributed by atoms with Gasteiger partial charge in [0.05, 0.1) is 0 Å². The van der Waals surface area contributed by atoms with Gasteiger partial charge in [0.25, 0.3) is 0 Å². The van der Waals surface area contributed by atoms with E-state index in [1.54, 1.807) is 0 Å². The van der Waals surface area contributed by atoms with E-state index < -0.39 is 0 Å². The third-order valence-electron chi connectivity index (χ3n) is 4.40. The zero-order valence-electron chi connectivity index (χ0n) is 12.7. The molecule has 0 spiro atoms. The lowest BCUT2D eigenvalue weighted by molar-refractivity contribution is 0.466. The standard InChI is InChI=1S/C17H35N/c1-2-3-4-5-6-7-10-15-18-16-11-14-17-12-8-9-13-17/h17-18H,2-16H2,1H3. The number of hydrogen-bond donors (Lipinski definition) is 1. The Morgan fingerprint density at radius 3 is 2.11 bits per heavy atom. The topological polar surface area (TPSA) is 12.0 Å². The quantitative estimate of drug-likeness (QED) is 0.466. The van der Waals surface area contributed by atoms with Gasteiger partial charge in [0.2, 0.25) is 0 Å². The van der Waals surface area contributed by atoms with Crippen LogP contribution in [0, 0.1) is 5.92 Å². The van der Waals surface area contributed by atoms with E-state index in [1.807, 2.05) is 0 Å². The Kier molecular flexibility index (Phi) is 10.7. The predicted octanol–water partition coefficient (Wildman–Crippen LogP) is 5.30. The Balaban J connectivity index is 1.68. The smallest absolute Gasteiger partial charge is 0.00488 e. The Morgan fingerprint density at radius 2 is 1.39 bits per heavy atom. The van der Waals surface area contributed by atoms with Crippen molar-refractivity contribution in [2.75, 3.05) is 13.1 Å². The second kappa shape index (κ2) is 12.0. The predicted molar refractivity (Wildman–Crippen MR) is 82.1 cm³/mol. The minimum absolute atomic E-state index is 1.07. The fourth-order valence-corrected chi connectivity index (χ4v) is 3.15. The third kappa shape index (κ3) is 8.97. The lowest BCUT2D eigenvalue weighted by Gasteiger charge is -2.09. The molecule has 0 aromatic carbocycles. The van der Waals surface area contributed by atoms with Gasteiger partial charge in [0.1, 0.15) is 0 Å². The first kappa shape index (κ1) is 16.0. The van der Waals surface area contributed by atoms with Gasteiger partial charge in [-0.2, -0.15) is 0 Å². The van der Waals surface area contributed by atoms with Crippen molar-refractivity contribution in [2.45, 2.75) is 90.4 Å². The summed E-state index contributed by atoms with van der Waals surface area (Å²) in [5.74, 6) is 1.07. The van der Waals surface area contributed by atoms with Crippen molar-refractivity contribution in [3.63, 3.8) is 0 Å². The first-order valence-electron chi connectivity index (χ1n) is 8.64. The van der Waals surface area contributed by atoms with E-state index in [0.29, 0.717) is 0 Å². The second-order valence-electron chi connectivity index (χ2n) is 6.16. The van der Waals surface area contributed by atoms with Crippen molar-refractivity contribution in [3.8, 4) is 0 Å². The number of rotatable bonds is 12. The normalized spacial score (nSPS) is 16.5. The van der Waals surface area contributed by atoms with Gasteiger partial charge in [-0.05, 0) is 38.3 Å². The summed E-state index contributed by atoms with van der Waals surface area (Å²) < 4.78 is 0. The van der Waals surface area contributed by atoms with Crippen molar-refractivity contribution in [1.29, 1.82) is 0 Å². The van der Waals surface area contributed by atoms with Gasteiger partial charge in [-0.1, -0.05) is 71.1 Å². The average molecular weight is 253 g/mol. The van der Waals surface area contributed by atoms with Crippen LogP contribution in [0.3, 0.4) is 0 Å². The van der Waals surface area contributed by atoms with Crippen molar-refractivity contribution >= 4 is 0 Å². The van der Waals surface area contributed by atoms with Crippen molar-refractivity contribution in [3.05, 3.63) is 0 Å². The minimum Gasteiger partial charge on any atom is -0.317 e. The van der Waals surface area contributed by atoms with Crippen molar-refractivity contribution < 1.29 is 0 Å². The molecule has 0 aromatic heterocycles. The molecule has 0 aliphatic heterocycles. The molecule has 1 nitrogen and oxygen atoms in total. The molecule has 1 N–H and O–H groups in total. The summed E-state index contributed by atoms with van der Waals surface area (Å²) >= 11 is 0. The summed E-state index contributed by atoms with van der Waals surface area (Å²) in [6.07, 6.45) is 18.9. The van der Waals surface area contributed by atoms with Gasteiger partial charge in [-0.15, -0.1) is 0 Å². The minimum atomic E-state index is 1.07. The Morgan fingerprint density at radius 1 is 0.778 bits per heavy atom. The molecule has 1 fully saturated rings. The van der Waals surface area contributed by atoms with E-state index in [9.17, 15) is 0 Å². The molecule has 1 saturated carbocycles. The van der Waals surface area contributed by atoms with Crippen LogP contribution < -0.4 is 5.32 Å². The van der Waals surface area contributed by atoms with Gasteiger partial charge in [0, 0.05) is 0 Å². The summed E-state index contributed by atoms with van der Waals surface area (Å²) in [7, 11) is 0. The van der Waals surface area contributed by atoms with Gasteiger partial charge in [0.15, 0.2) is 0 Å². The molecule has 1 aliphatic carbocycles. The Bertz CT molecular complexity index is 161. The van der Waals surface area contributed by atoms with E-state index in [4.69, 9.17) is 0 Å². The maximum absolute atomic E-state index is 3.61. The molecule has 1 rings (SSSR count). The Hall–Kier alpha value is -0.0400. The van der Waals surface area contributed by atoms with Crippen LogP contribution in [-0.2, 0) is 0 Å². The molecular weight excluding hydrogens is 218 g/mol. The largest absolute Gasteiger partial charge is 0.317 e. The van der Waals surface area contributed by atoms with Crippen LogP contribution in [0.25, 0.3) is 0 Å². The lowest BCUT2D eigenvalue weighted by Crippen LogP contribution is -2.17. The summed E-state index contributed by atoms with van der Waals surface area (Å²) in [6.45, 7) is 4.79. The molecule has 0 unspecified atom stereocenters. The van der Waals surface area contributed by atoms with E-state index in [1.165, 1.54) is 96.6 Å². The van der Waals surface area contributed by atoms with Crippen LogP contribution in [0.2, 0.25) is 0 Å². The summed E-state index contributed by atoms with van der Waals surface area (Å²) in [5, 5.41) is 3.61. The van der Waals surface area contributed by atoms with E-state index in [2.05, 4.69) is 12.2 Å². The SMILES string of the molecule is CCCCCCCCCNCCCC1CCCC1. The van der Waals surface area contributed by atoms with Gasteiger partial charge in [-0.25, -0.2) is 0 Å². The molecule has 1 aliphatic rings. The highest BCUT2D eigenvalue weighted by Gasteiger charge is 2.13. The third-order valence-corrected chi connectivity index (χ3v) is 4.40. The number of nitrogens with one attached hydrogen (secondary N) is 1. The van der Waals surface area contributed by atoms with Crippen molar-refractivity contribution in [1.82, 2.24) is 5.32 Å². The molecule has 0 bridgehead atoms. The summed E-state index contributed by atoms with van der Waals surface area (Å²) in [5.41, 5.74) is 0. The molecule has 0 amide bonds. The molecule has 0 aromatic rings. The van der Waals surface area contributed by atoms with Crippen LogP contribution in [0.4, 0.5) is 0 Å². The van der Waals surface area contributed by atoms with Crippen LogP contribution >= 0.6 is 0 Å². The Labute approximate surface area is 115 Å². The molecule has 0 radical (unpaired) electrons. The number of unbranched alkanes of at least 4 members (excludes halogenated alkanes) is 6. The number of hydrogen-bond acceptors (Lipinski definition) is 1. The zero-order chi connectivity index (χ0) is 12.9. The lowest BCUT2D eigenvalue weighted by atomic mass is 10.0. The molecule has 0 saturated heterocycles. The average Bonchev–Trinajstić information content (AvgIpc) is 2.89. The first-order chi connectivity index (χ1) is 8.93. The van der Waals surface area contributed by atoms with Gasteiger partial charge in [-0.3, -0.25) is 0 Å². The first-order valence-corrected chi connectivity index (χ1v) is 8.64. The maximum Gasteiger partial charge on any atom is -0.00488 e. The fourth-order valence-electron chi connectivity index (χ4n) is 3.15. The van der Waals surface area contributed by atoms with Crippen molar-refractivity contribution in [2.24, 2.45) is 5.92 Å². The highest BCUT2D eigenvalue weighted by Crippen LogP contribution is 2.28. The maximum atomic E-state index is 3.61. The molecule has 18 heavy (non-hydrogen) atoms. The molecular formula is C17H35N. The molecule has 0 heterocycles. The highest BCUT2D eigenvalue weighted by molar-refractivity contribution is 4.67. The van der Waals surface area contributed by atoms with E-state index >= 15 is 0 Å². The summed E-state index contributed by atoms with van der Waals surface area (Å²) in [4.78, 5) is 0. The van der Waals surface area contributed by atoms with Crippen LogP contribution in [0.15, 0.2) is 0 Å². The van der Waals surface area contributed by atoms with E-state index in [-0.39, 0.29) is 0 Å². The zero-order valence-corrected chi connectivity index (χ0v) is 12.7. The van der Waals surface area contributed by atoms with Gasteiger partial charge >= 0.3 is 0 Å². The van der Waals surface area contributed by atoms with Crippen LogP contribution in [0.1, 0.15) is 90.4 Å². The fraction of sp³-hybridized carbons (Fsp3) is 1.00. The van der Waals surface area contributed by atoms with E-state index in [0.717, 1.165) is 5.92 Å². The highest BCUT2D eigenvalue weighted by atomic mass is 14.8. The molecule has 1 heteroatoms. The molecule has 108 valence electrons.